The largest absolute Gasteiger partial charge is 0.439 e. The number of carbonyl (C=O) groups excluding carboxylic acids is 1. The Balaban J connectivity index is 1.26. The summed E-state index contributed by atoms with van der Waals surface area (Å²) in [6.07, 6.45) is 7.66. The SMILES string of the molecule is O=C(Oc1ccc(Oc2ccc(Cl)cn2)cc1)N1CCC(On2ccnc2)CC1. The van der Waals surface area contributed by atoms with Crippen LogP contribution in [0.15, 0.2) is 61.3 Å². The second-order valence-electron chi connectivity index (χ2n) is 6.47. The number of likely N-dealkylation sites (tertiary alicyclic amines) is 1. The number of pyridine rings is 1. The third kappa shape index (κ3) is 5.17. The first-order valence-corrected chi connectivity index (χ1v) is 9.55. The molecule has 0 N–H and O–H groups in total. The molecule has 150 valence electrons. The number of amides is 1. The number of nitrogens with zero attached hydrogens (tertiary/aromatic N) is 4. The molecule has 0 spiro atoms. The van der Waals surface area contributed by atoms with Gasteiger partial charge in [0.15, 0.2) is 0 Å². The highest BCUT2D eigenvalue weighted by molar-refractivity contribution is 6.30. The van der Waals surface area contributed by atoms with Crippen molar-refractivity contribution < 1.29 is 19.1 Å². The van der Waals surface area contributed by atoms with E-state index in [-0.39, 0.29) is 12.2 Å². The Morgan fingerprint density at radius 1 is 1.07 bits per heavy atom. The molecule has 0 aliphatic carbocycles. The van der Waals surface area contributed by atoms with Crippen LogP contribution < -0.4 is 14.3 Å². The number of rotatable bonds is 5. The zero-order chi connectivity index (χ0) is 20.1. The Labute approximate surface area is 172 Å². The number of aromatic nitrogens is 3. The van der Waals surface area contributed by atoms with Crippen LogP contribution in [0.25, 0.3) is 0 Å². The number of piperidine rings is 1. The first kappa shape index (κ1) is 19.1. The molecule has 9 heteroatoms. The van der Waals surface area contributed by atoms with Crippen molar-refractivity contribution in [3.63, 3.8) is 0 Å². The predicted molar refractivity (Wildman–Crippen MR) is 105 cm³/mol. The molecular weight excluding hydrogens is 396 g/mol. The molecule has 2 aromatic heterocycles. The lowest BCUT2D eigenvalue weighted by Crippen LogP contribution is -2.44. The van der Waals surface area contributed by atoms with Gasteiger partial charge in [-0.3, -0.25) is 0 Å². The van der Waals surface area contributed by atoms with E-state index in [0.717, 1.165) is 12.8 Å². The summed E-state index contributed by atoms with van der Waals surface area (Å²) in [5.41, 5.74) is 0. The van der Waals surface area contributed by atoms with Crippen LogP contribution in [0.5, 0.6) is 17.4 Å². The van der Waals surface area contributed by atoms with E-state index in [9.17, 15) is 4.79 Å². The number of hydrogen-bond acceptors (Lipinski definition) is 6. The van der Waals surface area contributed by atoms with Gasteiger partial charge in [0, 0.05) is 44.4 Å². The van der Waals surface area contributed by atoms with Gasteiger partial charge in [-0.25, -0.2) is 14.8 Å². The van der Waals surface area contributed by atoms with Gasteiger partial charge >= 0.3 is 6.09 Å². The van der Waals surface area contributed by atoms with E-state index in [2.05, 4.69) is 9.97 Å². The normalized spacial score (nSPS) is 14.4. The number of imidazole rings is 1. The molecule has 1 fully saturated rings. The fourth-order valence-corrected chi connectivity index (χ4v) is 3.02. The number of carbonyl (C=O) groups is 1. The highest BCUT2D eigenvalue weighted by Gasteiger charge is 2.25. The summed E-state index contributed by atoms with van der Waals surface area (Å²) in [7, 11) is 0. The Kier molecular flexibility index (Phi) is 5.81. The summed E-state index contributed by atoms with van der Waals surface area (Å²) in [5.74, 6) is 1.46. The maximum absolute atomic E-state index is 12.4. The standard InChI is InChI=1S/C20H19ClN4O4/c21-15-1-6-19(23-13-15)27-16-2-4-17(5-3-16)28-20(26)24-10-7-18(8-11-24)29-25-12-9-22-14-25/h1-6,9,12-14,18H,7-8,10-11H2. The molecule has 1 aliphatic rings. The fourth-order valence-electron chi connectivity index (χ4n) is 2.91. The smallest absolute Gasteiger partial charge is 0.415 e. The van der Waals surface area contributed by atoms with E-state index in [0.29, 0.717) is 35.5 Å². The third-order valence-electron chi connectivity index (χ3n) is 4.40. The van der Waals surface area contributed by atoms with Gasteiger partial charge < -0.3 is 19.2 Å². The zero-order valence-corrected chi connectivity index (χ0v) is 16.2. The summed E-state index contributed by atoms with van der Waals surface area (Å²) < 4.78 is 12.7. The van der Waals surface area contributed by atoms with Crippen LogP contribution in [0, 0.1) is 0 Å². The van der Waals surface area contributed by atoms with E-state index >= 15 is 0 Å². The van der Waals surface area contributed by atoms with Crippen molar-refractivity contribution in [3.05, 3.63) is 66.3 Å². The number of benzene rings is 1. The topological polar surface area (TPSA) is 78.7 Å². The Morgan fingerprint density at radius 3 is 2.48 bits per heavy atom. The van der Waals surface area contributed by atoms with Crippen molar-refractivity contribution in [1.29, 1.82) is 0 Å². The van der Waals surface area contributed by atoms with Crippen LogP contribution in [0.3, 0.4) is 0 Å². The number of ether oxygens (including phenoxy) is 2. The van der Waals surface area contributed by atoms with E-state index in [1.807, 2.05) is 0 Å². The van der Waals surface area contributed by atoms with Crippen molar-refractivity contribution in [2.45, 2.75) is 18.9 Å². The van der Waals surface area contributed by atoms with Gasteiger partial charge in [-0.2, -0.15) is 4.73 Å². The molecule has 3 aromatic rings. The van der Waals surface area contributed by atoms with Gasteiger partial charge in [0.2, 0.25) is 5.88 Å². The first-order valence-electron chi connectivity index (χ1n) is 9.17. The van der Waals surface area contributed by atoms with Gasteiger partial charge in [-0.1, -0.05) is 11.6 Å². The molecular formula is C20H19ClN4O4. The van der Waals surface area contributed by atoms with E-state index in [1.165, 1.54) is 6.20 Å². The lowest BCUT2D eigenvalue weighted by Gasteiger charge is -2.31. The van der Waals surface area contributed by atoms with Crippen molar-refractivity contribution in [2.24, 2.45) is 0 Å². The minimum Gasteiger partial charge on any atom is -0.439 e. The minimum atomic E-state index is -0.376. The van der Waals surface area contributed by atoms with Crippen LogP contribution >= 0.6 is 11.6 Å². The fraction of sp³-hybridized carbons (Fsp3) is 0.250. The van der Waals surface area contributed by atoms with Gasteiger partial charge in [-0.05, 0) is 30.3 Å². The molecule has 0 saturated carbocycles. The maximum atomic E-state index is 12.4. The van der Waals surface area contributed by atoms with Crippen LogP contribution in [0.4, 0.5) is 4.79 Å². The van der Waals surface area contributed by atoms with Crippen LogP contribution in [0.1, 0.15) is 12.8 Å². The molecule has 0 bridgehead atoms. The maximum Gasteiger partial charge on any atom is 0.415 e. The van der Waals surface area contributed by atoms with E-state index in [4.69, 9.17) is 25.9 Å². The minimum absolute atomic E-state index is 0.0474. The molecule has 1 aliphatic heterocycles. The van der Waals surface area contributed by atoms with Crippen LogP contribution in [-0.2, 0) is 0 Å². The summed E-state index contributed by atoms with van der Waals surface area (Å²) in [4.78, 5) is 27.8. The molecule has 8 nitrogen and oxygen atoms in total. The average molecular weight is 415 g/mol. The molecule has 1 saturated heterocycles. The summed E-state index contributed by atoms with van der Waals surface area (Å²) in [6, 6.07) is 10.2. The zero-order valence-electron chi connectivity index (χ0n) is 15.5. The highest BCUT2D eigenvalue weighted by Crippen LogP contribution is 2.24. The average Bonchev–Trinajstić information content (AvgIpc) is 3.25. The van der Waals surface area contributed by atoms with Gasteiger partial charge in [0.25, 0.3) is 0 Å². The Morgan fingerprint density at radius 2 is 1.83 bits per heavy atom. The van der Waals surface area contributed by atoms with Gasteiger partial charge in [0.1, 0.15) is 23.9 Å². The Bertz CT molecular complexity index is 924. The predicted octanol–water partition coefficient (Wildman–Crippen LogP) is 3.82. The monoisotopic (exact) mass is 414 g/mol. The Hall–Kier alpha value is -3.26. The molecule has 0 atom stereocenters. The van der Waals surface area contributed by atoms with Crippen molar-refractivity contribution in [1.82, 2.24) is 19.6 Å². The quantitative estimate of drug-likeness (QED) is 0.631. The number of halogens is 1. The second-order valence-corrected chi connectivity index (χ2v) is 6.91. The van der Waals surface area contributed by atoms with Gasteiger partial charge in [-0.15, -0.1) is 0 Å². The molecule has 1 aromatic carbocycles. The molecule has 1 amide bonds. The van der Waals surface area contributed by atoms with E-state index in [1.54, 1.807) is 64.7 Å². The summed E-state index contributed by atoms with van der Waals surface area (Å²) >= 11 is 5.81. The highest BCUT2D eigenvalue weighted by atomic mass is 35.5. The van der Waals surface area contributed by atoms with Crippen molar-refractivity contribution >= 4 is 17.7 Å². The molecule has 0 unspecified atom stereocenters. The summed E-state index contributed by atoms with van der Waals surface area (Å²) in [6.45, 7) is 1.14. The molecule has 29 heavy (non-hydrogen) atoms. The van der Waals surface area contributed by atoms with Crippen LogP contribution in [-0.4, -0.2) is 44.9 Å². The first-order chi connectivity index (χ1) is 14.2. The molecule has 0 radical (unpaired) electrons. The number of hydrogen-bond donors (Lipinski definition) is 0. The molecule has 3 heterocycles. The molecule has 4 rings (SSSR count). The van der Waals surface area contributed by atoms with Crippen molar-refractivity contribution in [2.75, 3.05) is 13.1 Å². The van der Waals surface area contributed by atoms with Crippen LogP contribution in [0.2, 0.25) is 5.02 Å². The van der Waals surface area contributed by atoms with Crippen molar-refractivity contribution in [3.8, 4) is 17.4 Å². The summed E-state index contributed by atoms with van der Waals surface area (Å²) in [5, 5.41) is 0.539. The van der Waals surface area contributed by atoms with E-state index < -0.39 is 0 Å². The lowest BCUT2D eigenvalue weighted by molar-refractivity contribution is -0.0000201. The van der Waals surface area contributed by atoms with Gasteiger partial charge in [0.05, 0.1) is 11.2 Å². The third-order valence-corrected chi connectivity index (χ3v) is 4.63. The second kappa shape index (κ2) is 8.83. The lowest BCUT2D eigenvalue weighted by atomic mass is 10.1.